The van der Waals surface area contributed by atoms with Gasteiger partial charge in [0.1, 0.15) is 0 Å². The van der Waals surface area contributed by atoms with Crippen molar-refractivity contribution in [3.05, 3.63) is 28.8 Å². The van der Waals surface area contributed by atoms with Crippen LogP contribution >= 0.6 is 11.6 Å². The van der Waals surface area contributed by atoms with E-state index in [2.05, 4.69) is 5.32 Å². The van der Waals surface area contributed by atoms with Gasteiger partial charge in [0.25, 0.3) is 0 Å². The van der Waals surface area contributed by atoms with Gasteiger partial charge in [-0.2, -0.15) is 0 Å². The predicted octanol–water partition coefficient (Wildman–Crippen LogP) is 1.56. The van der Waals surface area contributed by atoms with Crippen molar-refractivity contribution < 1.29 is 4.79 Å². The molecule has 3 N–H and O–H groups in total. The average Bonchev–Trinajstić information content (AvgIpc) is 2.07. The molecule has 0 radical (unpaired) electrons. The first kappa shape index (κ1) is 9.86. The number of benzene rings is 1. The largest absolute Gasteiger partial charge is 0.398 e. The fraction of sp³-hybridized carbons (Fsp3) is 0.222. The summed E-state index contributed by atoms with van der Waals surface area (Å²) in [6.07, 6.45) is 0. The lowest BCUT2D eigenvalue weighted by Crippen LogP contribution is -2.18. The van der Waals surface area contributed by atoms with Gasteiger partial charge in [-0.05, 0) is 17.7 Å². The minimum Gasteiger partial charge on any atom is -0.398 e. The summed E-state index contributed by atoms with van der Waals surface area (Å²) in [6.45, 7) is 1.95. The van der Waals surface area contributed by atoms with E-state index in [1.54, 1.807) is 12.1 Å². The number of nitrogen functional groups attached to an aromatic ring is 1. The Morgan fingerprint density at radius 3 is 2.85 bits per heavy atom. The van der Waals surface area contributed by atoms with Crippen molar-refractivity contribution in [2.24, 2.45) is 0 Å². The number of carbonyl (C=O) groups excluding carboxylic acids is 1. The van der Waals surface area contributed by atoms with Crippen LogP contribution in [0.1, 0.15) is 12.5 Å². The van der Waals surface area contributed by atoms with E-state index in [1.807, 2.05) is 6.07 Å². The fourth-order valence-electron chi connectivity index (χ4n) is 0.907. The molecule has 0 atom stereocenters. The van der Waals surface area contributed by atoms with Crippen molar-refractivity contribution in [1.82, 2.24) is 5.32 Å². The van der Waals surface area contributed by atoms with Gasteiger partial charge in [-0.1, -0.05) is 17.7 Å². The minimum absolute atomic E-state index is 0.0621. The van der Waals surface area contributed by atoms with Gasteiger partial charge in [0.05, 0.1) is 10.7 Å². The Kier molecular flexibility index (Phi) is 3.14. The van der Waals surface area contributed by atoms with Crippen molar-refractivity contribution in [3.63, 3.8) is 0 Å². The van der Waals surface area contributed by atoms with Gasteiger partial charge in [0.2, 0.25) is 5.91 Å². The number of carbonyl (C=O) groups is 1. The van der Waals surface area contributed by atoms with E-state index in [4.69, 9.17) is 17.3 Å². The molecule has 70 valence electrons. The summed E-state index contributed by atoms with van der Waals surface area (Å²) in [5.74, 6) is -0.0621. The molecule has 4 heteroatoms. The van der Waals surface area contributed by atoms with E-state index < -0.39 is 0 Å². The van der Waals surface area contributed by atoms with Crippen LogP contribution < -0.4 is 11.1 Å². The zero-order valence-electron chi connectivity index (χ0n) is 7.30. The smallest absolute Gasteiger partial charge is 0.217 e. The normalized spacial score (nSPS) is 9.69. The monoisotopic (exact) mass is 198 g/mol. The van der Waals surface area contributed by atoms with Crippen LogP contribution in [0.15, 0.2) is 18.2 Å². The fourth-order valence-corrected chi connectivity index (χ4v) is 1.11. The first-order valence-electron chi connectivity index (χ1n) is 3.88. The highest BCUT2D eigenvalue weighted by atomic mass is 35.5. The molecule has 0 aliphatic carbocycles. The van der Waals surface area contributed by atoms with Crippen LogP contribution in [-0.4, -0.2) is 5.91 Å². The lowest BCUT2D eigenvalue weighted by Gasteiger charge is -2.04. The van der Waals surface area contributed by atoms with Crippen molar-refractivity contribution in [2.75, 3.05) is 5.73 Å². The summed E-state index contributed by atoms with van der Waals surface area (Å²) in [5.41, 5.74) is 7.01. The zero-order valence-corrected chi connectivity index (χ0v) is 8.06. The van der Waals surface area contributed by atoms with E-state index in [0.717, 1.165) is 5.56 Å². The number of hydrogen-bond donors (Lipinski definition) is 2. The molecule has 0 unspecified atom stereocenters. The SMILES string of the molecule is CC(=O)NCc1ccc(N)c(Cl)c1. The topological polar surface area (TPSA) is 55.1 Å². The minimum atomic E-state index is -0.0621. The number of nitrogens with one attached hydrogen (secondary N) is 1. The number of hydrogen-bond acceptors (Lipinski definition) is 2. The van der Waals surface area contributed by atoms with Crippen LogP contribution in [0.5, 0.6) is 0 Å². The number of nitrogens with two attached hydrogens (primary N) is 1. The van der Waals surface area contributed by atoms with Gasteiger partial charge in [-0.15, -0.1) is 0 Å². The Hall–Kier alpha value is -1.22. The highest BCUT2D eigenvalue weighted by molar-refractivity contribution is 6.33. The Labute approximate surface area is 81.9 Å². The molecule has 3 nitrogen and oxygen atoms in total. The second-order valence-electron chi connectivity index (χ2n) is 2.77. The molecule has 1 aromatic carbocycles. The number of anilines is 1. The molecule has 1 rings (SSSR count). The van der Waals surface area contributed by atoms with Crippen molar-refractivity contribution >= 4 is 23.2 Å². The average molecular weight is 199 g/mol. The molecule has 0 heterocycles. The van der Waals surface area contributed by atoms with Crippen LogP contribution in [-0.2, 0) is 11.3 Å². The van der Waals surface area contributed by atoms with Gasteiger partial charge < -0.3 is 11.1 Å². The number of rotatable bonds is 2. The summed E-state index contributed by atoms with van der Waals surface area (Å²) in [7, 11) is 0. The van der Waals surface area contributed by atoms with Gasteiger partial charge in [-0.3, -0.25) is 4.79 Å². The molecule has 1 aromatic rings. The van der Waals surface area contributed by atoms with Crippen molar-refractivity contribution in [1.29, 1.82) is 0 Å². The van der Waals surface area contributed by atoms with E-state index in [9.17, 15) is 4.79 Å². The number of amides is 1. The lowest BCUT2D eigenvalue weighted by molar-refractivity contribution is -0.119. The highest BCUT2D eigenvalue weighted by Crippen LogP contribution is 2.19. The second-order valence-corrected chi connectivity index (χ2v) is 3.17. The highest BCUT2D eigenvalue weighted by Gasteiger charge is 1.98. The summed E-state index contributed by atoms with van der Waals surface area (Å²) >= 11 is 5.79. The molecule has 0 aliphatic rings. The van der Waals surface area contributed by atoms with E-state index in [1.165, 1.54) is 6.92 Å². The van der Waals surface area contributed by atoms with E-state index >= 15 is 0 Å². The summed E-state index contributed by atoms with van der Waals surface area (Å²) in [4.78, 5) is 10.6. The molecule has 13 heavy (non-hydrogen) atoms. The Morgan fingerprint density at radius 1 is 1.62 bits per heavy atom. The second kappa shape index (κ2) is 4.14. The Morgan fingerprint density at radius 2 is 2.31 bits per heavy atom. The molecule has 0 saturated heterocycles. The molecule has 0 bridgehead atoms. The molecule has 0 saturated carbocycles. The lowest BCUT2D eigenvalue weighted by atomic mass is 10.2. The Bertz CT molecular complexity index is 325. The standard InChI is InChI=1S/C9H11ClN2O/c1-6(13)12-5-7-2-3-9(11)8(10)4-7/h2-4H,5,11H2,1H3,(H,12,13). The van der Waals surface area contributed by atoms with Crippen LogP contribution in [0.25, 0.3) is 0 Å². The van der Waals surface area contributed by atoms with Crippen LogP contribution in [0, 0.1) is 0 Å². The van der Waals surface area contributed by atoms with Crippen LogP contribution in [0.2, 0.25) is 5.02 Å². The third-order valence-electron chi connectivity index (χ3n) is 1.61. The Balaban J connectivity index is 2.68. The maximum atomic E-state index is 10.6. The molecule has 0 fully saturated rings. The van der Waals surface area contributed by atoms with E-state index in [-0.39, 0.29) is 5.91 Å². The molecule has 1 amide bonds. The third-order valence-corrected chi connectivity index (χ3v) is 1.93. The predicted molar refractivity (Wildman–Crippen MR) is 53.4 cm³/mol. The third kappa shape index (κ3) is 2.95. The molecular weight excluding hydrogens is 188 g/mol. The van der Waals surface area contributed by atoms with Gasteiger partial charge >= 0.3 is 0 Å². The molecule has 0 aromatic heterocycles. The first-order valence-corrected chi connectivity index (χ1v) is 4.25. The van der Waals surface area contributed by atoms with Crippen LogP contribution in [0.4, 0.5) is 5.69 Å². The molecular formula is C9H11ClN2O. The molecule has 0 spiro atoms. The number of halogens is 1. The van der Waals surface area contributed by atoms with Gasteiger partial charge in [0.15, 0.2) is 0 Å². The quantitative estimate of drug-likeness (QED) is 0.709. The van der Waals surface area contributed by atoms with Crippen LogP contribution in [0.3, 0.4) is 0 Å². The summed E-state index contributed by atoms with van der Waals surface area (Å²) in [6, 6.07) is 5.30. The van der Waals surface area contributed by atoms with Crippen molar-refractivity contribution in [3.8, 4) is 0 Å². The first-order chi connectivity index (χ1) is 6.09. The van der Waals surface area contributed by atoms with Gasteiger partial charge in [0, 0.05) is 13.5 Å². The summed E-state index contributed by atoms with van der Waals surface area (Å²) in [5, 5.41) is 3.19. The maximum Gasteiger partial charge on any atom is 0.217 e. The van der Waals surface area contributed by atoms with Crippen molar-refractivity contribution in [2.45, 2.75) is 13.5 Å². The van der Waals surface area contributed by atoms with Gasteiger partial charge in [-0.25, -0.2) is 0 Å². The maximum absolute atomic E-state index is 10.6. The summed E-state index contributed by atoms with van der Waals surface area (Å²) < 4.78 is 0. The molecule has 0 aliphatic heterocycles. The van der Waals surface area contributed by atoms with E-state index in [0.29, 0.717) is 17.3 Å². The zero-order chi connectivity index (χ0) is 9.84.